The third-order valence-corrected chi connectivity index (χ3v) is 2.80. The Balaban J connectivity index is 2.20. The van der Waals surface area contributed by atoms with Gasteiger partial charge in [0.05, 0.1) is 5.56 Å². The van der Waals surface area contributed by atoms with Crippen molar-refractivity contribution in [2.75, 3.05) is 5.32 Å². The fraction of sp³-hybridized carbons (Fsp3) is 0.0667. The lowest BCUT2D eigenvalue weighted by Crippen LogP contribution is -2.12. The Morgan fingerprint density at radius 2 is 1.90 bits per heavy atom. The number of carboxylic acids is 1. The lowest BCUT2D eigenvalue weighted by Gasteiger charge is -2.08. The van der Waals surface area contributed by atoms with Crippen LogP contribution in [0.3, 0.4) is 0 Å². The van der Waals surface area contributed by atoms with E-state index in [1.165, 1.54) is 30.3 Å². The Hall–Kier alpha value is -2.69. The molecular weight excluding hydrogens is 261 g/mol. The summed E-state index contributed by atoms with van der Waals surface area (Å²) in [5.41, 5.74) is 1.37. The summed E-state index contributed by atoms with van der Waals surface area (Å²) in [5.74, 6) is -1.97. The van der Waals surface area contributed by atoms with Crippen LogP contribution >= 0.6 is 0 Å². The van der Waals surface area contributed by atoms with Crippen LogP contribution in [-0.4, -0.2) is 17.0 Å². The van der Waals surface area contributed by atoms with Gasteiger partial charge in [0, 0.05) is 11.3 Å². The van der Waals surface area contributed by atoms with E-state index in [0.717, 1.165) is 6.07 Å². The van der Waals surface area contributed by atoms with Crippen molar-refractivity contribution >= 4 is 17.6 Å². The molecular formula is C15H12FNO3. The van der Waals surface area contributed by atoms with Crippen LogP contribution in [0.2, 0.25) is 0 Å². The number of rotatable bonds is 3. The molecule has 0 spiro atoms. The molecule has 0 unspecified atom stereocenters. The van der Waals surface area contributed by atoms with E-state index in [0.29, 0.717) is 11.3 Å². The average molecular weight is 273 g/mol. The number of nitrogens with one attached hydrogen (secondary N) is 1. The van der Waals surface area contributed by atoms with Gasteiger partial charge in [-0.05, 0) is 48.9 Å². The smallest absolute Gasteiger partial charge is 0.335 e. The van der Waals surface area contributed by atoms with Crippen LogP contribution in [0, 0.1) is 12.7 Å². The largest absolute Gasteiger partial charge is 0.478 e. The lowest BCUT2D eigenvalue weighted by atomic mass is 10.1. The lowest BCUT2D eigenvalue weighted by molar-refractivity contribution is 0.0696. The summed E-state index contributed by atoms with van der Waals surface area (Å²) in [6, 6.07) is 9.80. The van der Waals surface area contributed by atoms with E-state index >= 15 is 0 Å². The molecule has 2 rings (SSSR count). The molecule has 102 valence electrons. The second-order valence-electron chi connectivity index (χ2n) is 4.30. The minimum absolute atomic E-state index is 0.175. The number of halogens is 1. The van der Waals surface area contributed by atoms with Gasteiger partial charge in [-0.3, -0.25) is 4.79 Å². The number of carbonyl (C=O) groups excluding carboxylic acids is 1. The van der Waals surface area contributed by atoms with Crippen molar-refractivity contribution in [3.63, 3.8) is 0 Å². The molecule has 0 aliphatic carbocycles. The van der Waals surface area contributed by atoms with Crippen molar-refractivity contribution in [3.8, 4) is 0 Å². The Bertz CT molecular complexity index is 683. The topological polar surface area (TPSA) is 66.4 Å². The normalized spacial score (nSPS) is 10.1. The first-order chi connectivity index (χ1) is 9.47. The van der Waals surface area contributed by atoms with Crippen molar-refractivity contribution < 1.29 is 19.1 Å². The molecule has 0 saturated carbocycles. The van der Waals surface area contributed by atoms with Crippen LogP contribution in [0.4, 0.5) is 10.1 Å². The van der Waals surface area contributed by atoms with Gasteiger partial charge in [-0.1, -0.05) is 6.07 Å². The van der Waals surface area contributed by atoms with Gasteiger partial charge in [0.25, 0.3) is 5.91 Å². The number of hydrogen-bond donors (Lipinski definition) is 2. The number of amides is 1. The third-order valence-electron chi connectivity index (χ3n) is 2.80. The van der Waals surface area contributed by atoms with Gasteiger partial charge in [-0.15, -0.1) is 0 Å². The van der Waals surface area contributed by atoms with E-state index in [4.69, 9.17) is 5.11 Å². The maximum Gasteiger partial charge on any atom is 0.335 e. The summed E-state index contributed by atoms with van der Waals surface area (Å²) in [6.45, 7) is 1.64. The van der Waals surface area contributed by atoms with Gasteiger partial charge in [-0.25, -0.2) is 9.18 Å². The number of aromatic carboxylic acids is 1. The van der Waals surface area contributed by atoms with Gasteiger partial charge >= 0.3 is 5.97 Å². The minimum Gasteiger partial charge on any atom is -0.478 e. The standard InChI is InChI=1S/C15H12FNO3/c1-9-7-12(5-6-13(9)15(19)20)17-14(18)10-3-2-4-11(16)8-10/h2-8H,1H3,(H,17,18)(H,19,20). The van der Waals surface area contributed by atoms with Crippen LogP contribution < -0.4 is 5.32 Å². The first-order valence-corrected chi connectivity index (χ1v) is 5.88. The van der Waals surface area contributed by atoms with Crippen LogP contribution in [0.5, 0.6) is 0 Å². The molecule has 2 aromatic rings. The molecule has 0 aliphatic heterocycles. The quantitative estimate of drug-likeness (QED) is 0.903. The second kappa shape index (κ2) is 5.52. The number of anilines is 1. The second-order valence-corrected chi connectivity index (χ2v) is 4.30. The van der Waals surface area contributed by atoms with Crippen molar-refractivity contribution in [1.82, 2.24) is 0 Å². The zero-order valence-corrected chi connectivity index (χ0v) is 10.7. The van der Waals surface area contributed by atoms with E-state index in [-0.39, 0.29) is 11.1 Å². The van der Waals surface area contributed by atoms with Crippen molar-refractivity contribution in [1.29, 1.82) is 0 Å². The molecule has 0 bridgehead atoms. The van der Waals surface area contributed by atoms with E-state index in [2.05, 4.69) is 5.32 Å². The number of carboxylic acid groups (broad SMARTS) is 1. The molecule has 2 N–H and O–H groups in total. The SMILES string of the molecule is Cc1cc(NC(=O)c2cccc(F)c2)ccc1C(=O)O. The molecule has 4 nitrogen and oxygen atoms in total. The molecule has 0 heterocycles. The predicted molar refractivity (Wildman–Crippen MR) is 72.5 cm³/mol. The summed E-state index contributed by atoms with van der Waals surface area (Å²) in [6.07, 6.45) is 0. The maximum atomic E-state index is 13.0. The third kappa shape index (κ3) is 3.00. The van der Waals surface area contributed by atoms with E-state index in [1.54, 1.807) is 13.0 Å². The number of aryl methyl sites for hydroxylation is 1. The van der Waals surface area contributed by atoms with Crippen LogP contribution in [-0.2, 0) is 0 Å². The van der Waals surface area contributed by atoms with Crippen LogP contribution in [0.25, 0.3) is 0 Å². The number of benzene rings is 2. The Morgan fingerprint density at radius 3 is 2.50 bits per heavy atom. The first kappa shape index (κ1) is 13.7. The minimum atomic E-state index is -1.02. The number of carbonyl (C=O) groups is 2. The molecule has 0 radical (unpaired) electrons. The summed E-state index contributed by atoms with van der Waals surface area (Å²) < 4.78 is 13.0. The molecule has 20 heavy (non-hydrogen) atoms. The Morgan fingerprint density at radius 1 is 1.15 bits per heavy atom. The maximum absolute atomic E-state index is 13.0. The molecule has 1 amide bonds. The summed E-state index contributed by atoms with van der Waals surface area (Å²) in [7, 11) is 0. The molecule has 5 heteroatoms. The summed E-state index contributed by atoms with van der Waals surface area (Å²) in [5, 5.41) is 11.5. The van der Waals surface area contributed by atoms with E-state index in [9.17, 15) is 14.0 Å². The van der Waals surface area contributed by atoms with Crippen molar-refractivity contribution in [3.05, 3.63) is 65.0 Å². The highest BCUT2D eigenvalue weighted by molar-refractivity contribution is 6.04. The number of hydrogen-bond acceptors (Lipinski definition) is 2. The Labute approximate surface area is 114 Å². The molecule has 0 aliphatic rings. The molecule has 0 fully saturated rings. The first-order valence-electron chi connectivity index (χ1n) is 5.88. The molecule has 2 aromatic carbocycles. The fourth-order valence-corrected chi connectivity index (χ4v) is 1.81. The van der Waals surface area contributed by atoms with E-state index in [1.807, 2.05) is 0 Å². The zero-order chi connectivity index (χ0) is 14.7. The van der Waals surface area contributed by atoms with Gasteiger partial charge in [0.2, 0.25) is 0 Å². The average Bonchev–Trinajstić information content (AvgIpc) is 2.38. The van der Waals surface area contributed by atoms with Gasteiger partial charge in [-0.2, -0.15) is 0 Å². The van der Waals surface area contributed by atoms with Gasteiger partial charge in [0.15, 0.2) is 0 Å². The Kier molecular flexibility index (Phi) is 3.79. The van der Waals surface area contributed by atoms with Crippen molar-refractivity contribution in [2.24, 2.45) is 0 Å². The molecule has 0 aromatic heterocycles. The summed E-state index contributed by atoms with van der Waals surface area (Å²) >= 11 is 0. The monoisotopic (exact) mass is 273 g/mol. The van der Waals surface area contributed by atoms with Crippen LogP contribution in [0.1, 0.15) is 26.3 Å². The van der Waals surface area contributed by atoms with Gasteiger partial charge in [0.1, 0.15) is 5.82 Å². The highest BCUT2D eigenvalue weighted by atomic mass is 19.1. The molecule has 0 saturated heterocycles. The van der Waals surface area contributed by atoms with Crippen LogP contribution in [0.15, 0.2) is 42.5 Å². The van der Waals surface area contributed by atoms with Gasteiger partial charge < -0.3 is 10.4 Å². The van der Waals surface area contributed by atoms with E-state index < -0.39 is 17.7 Å². The molecule has 0 atom stereocenters. The van der Waals surface area contributed by atoms with Crippen molar-refractivity contribution in [2.45, 2.75) is 6.92 Å². The highest BCUT2D eigenvalue weighted by Gasteiger charge is 2.10. The summed E-state index contributed by atoms with van der Waals surface area (Å²) in [4.78, 5) is 22.8. The predicted octanol–water partition coefficient (Wildman–Crippen LogP) is 3.08. The fourth-order valence-electron chi connectivity index (χ4n) is 1.81. The highest BCUT2D eigenvalue weighted by Crippen LogP contribution is 2.16. The zero-order valence-electron chi connectivity index (χ0n) is 10.7.